The fourth-order valence-corrected chi connectivity index (χ4v) is 3.72. The van der Waals surface area contributed by atoms with Crippen LogP contribution in [0.4, 0.5) is 0 Å². The number of aliphatic hydroxyl groups is 1. The summed E-state index contributed by atoms with van der Waals surface area (Å²) in [5, 5.41) is 11.1. The van der Waals surface area contributed by atoms with Gasteiger partial charge in [0.05, 0.1) is 17.4 Å². The van der Waals surface area contributed by atoms with Crippen LogP contribution in [-0.2, 0) is 14.4 Å². The van der Waals surface area contributed by atoms with Crippen LogP contribution in [0.2, 0.25) is 5.02 Å². The second-order valence-electron chi connectivity index (χ2n) is 6.25. The van der Waals surface area contributed by atoms with Crippen LogP contribution in [0, 0.1) is 11.8 Å². The average molecular weight is 323 g/mol. The van der Waals surface area contributed by atoms with Gasteiger partial charge in [0.1, 0.15) is 17.3 Å². The summed E-state index contributed by atoms with van der Waals surface area (Å²) in [6.07, 6.45) is -0.189. The van der Waals surface area contributed by atoms with Gasteiger partial charge < -0.3 is 5.11 Å². The predicted molar refractivity (Wildman–Crippen MR) is 82.8 cm³/mol. The second kappa shape index (κ2) is 5.94. The van der Waals surface area contributed by atoms with Gasteiger partial charge in [-0.05, 0) is 38.5 Å². The molecule has 0 aromatic heterocycles. The van der Waals surface area contributed by atoms with Gasteiger partial charge in [-0.25, -0.2) is 0 Å². The number of benzene rings is 1. The topological polar surface area (TPSA) is 71.4 Å². The molecule has 2 rings (SSSR count). The summed E-state index contributed by atoms with van der Waals surface area (Å²) in [5.41, 5.74) is -0.794. The van der Waals surface area contributed by atoms with Crippen LogP contribution < -0.4 is 0 Å². The summed E-state index contributed by atoms with van der Waals surface area (Å²) in [7, 11) is 0. The third-order valence-corrected chi connectivity index (χ3v) is 4.65. The first-order chi connectivity index (χ1) is 10.1. The normalized spacial score (nSPS) is 31.9. The Morgan fingerprint density at radius 2 is 1.73 bits per heavy atom. The molecule has 1 aromatic carbocycles. The van der Waals surface area contributed by atoms with Gasteiger partial charge in [-0.2, -0.15) is 0 Å². The molecular weight excluding hydrogens is 304 g/mol. The van der Waals surface area contributed by atoms with E-state index in [0.29, 0.717) is 10.6 Å². The average Bonchev–Trinajstić information content (AvgIpc) is 2.36. The summed E-state index contributed by atoms with van der Waals surface area (Å²) >= 11 is 5.88. The summed E-state index contributed by atoms with van der Waals surface area (Å²) in [6, 6.07) is 6.71. The van der Waals surface area contributed by atoms with Crippen molar-refractivity contribution in [1.82, 2.24) is 0 Å². The second-order valence-corrected chi connectivity index (χ2v) is 6.69. The molecule has 0 unspecified atom stereocenters. The van der Waals surface area contributed by atoms with E-state index in [0.717, 1.165) is 0 Å². The summed E-state index contributed by atoms with van der Waals surface area (Å²) < 4.78 is 0. The number of carbonyl (C=O) groups excluding carboxylic acids is 3. The fourth-order valence-electron chi connectivity index (χ4n) is 3.59. The van der Waals surface area contributed by atoms with Crippen molar-refractivity contribution in [1.29, 1.82) is 0 Å². The number of hydrogen-bond acceptors (Lipinski definition) is 4. The van der Waals surface area contributed by atoms with E-state index in [1.54, 1.807) is 24.3 Å². The minimum absolute atomic E-state index is 0.189. The Morgan fingerprint density at radius 1 is 1.18 bits per heavy atom. The van der Waals surface area contributed by atoms with Crippen molar-refractivity contribution in [3.05, 3.63) is 34.9 Å². The molecule has 118 valence electrons. The minimum atomic E-state index is -1.46. The molecule has 0 radical (unpaired) electrons. The summed E-state index contributed by atoms with van der Waals surface area (Å²) in [5.74, 6) is -3.22. The molecule has 4 atom stereocenters. The predicted octanol–water partition coefficient (Wildman–Crippen LogP) is 2.56. The molecule has 22 heavy (non-hydrogen) atoms. The first-order valence-electron chi connectivity index (χ1n) is 7.16. The van der Waals surface area contributed by atoms with Gasteiger partial charge in [0.25, 0.3) is 0 Å². The van der Waals surface area contributed by atoms with E-state index in [1.807, 2.05) is 0 Å². The molecule has 1 aromatic rings. The first kappa shape index (κ1) is 16.8. The van der Waals surface area contributed by atoms with Crippen molar-refractivity contribution >= 4 is 29.0 Å². The van der Waals surface area contributed by atoms with Gasteiger partial charge in [-0.1, -0.05) is 23.7 Å². The van der Waals surface area contributed by atoms with Crippen molar-refractivity contribution < 1.29 is 19.5 Å². The molecule has 1 N–H and O–H groups in total. The van der Waals surface area contributed by atoms with E-state index in [1.165, 1.54) is 20.8 Å². The molecule has 4 nitrogen and oxygen atoms in total. The first-order valence-corrected chi connectivity index (χ1v) is 7.54. The molecule has 0 amide bonds. The summed E-state index contributed by atoms with van der Waals surface area (Å²) in [6.45, 7) is 4.22. The quantitative estimate of drug-likeness (QED) is 0.868. The number of halogens is 1. The van der Waals surface area contributed by atoms with Gasteiger partial charge in [-0.3, -0.25) is 14.4 Å². The van der Waals surface area contributed by atoms with Crippen molar-refractivity contribution in [2.24, 2.45) is 11.8 Å². The van der Waals surface area contributed by atoms with Gasteiger partial charge in [0.15, 0.2) is 0 Å². The van der Waals surface area contributed by atoms with Crippen LogP contribution in [0.25, 0.3) is 0 Å². The molecule has 5 heteroatoms. The third-order valence-electron chi connectivity index (χ3n) is 4.40. The number of rotatable bonds is 3. The zero-order valence-electron chi connectivity index (χ0n) is 12.8. The number of ketones is 3. The highest BCUT2D eigenvalue weighted by Gasteiger charge is 2.53. The molecule has 0 bridgehead atoms. The molecule has 1 aliphatic rings. The van der Waals surface area contributed by atoms with Crippen LogP contribution in [0.3, 0.4) is 0 Å². The number of Topliss-reactive ketones (excluding diaryl/α,β-unsaturated/α-hetero) is 3. The van der Waals surface area contributed by atoms with Crippen LogP contribution >= 0.6 is 11.6 Å². The van der Waals surface area contributed by atoms with E-state index in [4.69, 9.17) is 11.6 Å². The maximum atomic E-state index is 12.4. The Bertz CT molecular complexity index is 618. The zero-order chi connectivity index (χ0) is 16.7. The lowest BCUT2D eigenvalue weighted by Gasteiger charge is -2.44. The van der Waals surface area contributed by atoms with Gasteiger partial charge in [-0.15, -0.1) is 0 Å². The Hall–Kier alpha value is -1.52. The zero-order valence-corrected chi connectivity index (χ0v) is 13.6. The Kier molecular flexibility index (Phi) is 4.54. The highest BCUT2D eigenvalue weighted by atomic mass is 35.5. The lowest BCUT2D eigenvalue weighted by molar-refractivity contribution is -0.151. The van der Waals surface area contributed by atoms with Crippen molar-refractivity contribution in [3.8, 4) is 0 Å². The molecule has 0 aliphatic heterocycles. The van der Waals surface area contributed by atoms with E-state index < -0.39 is 23.4 Å². The van der Waals surface area contributed by atoms with E-state index >= 15 is 0 Å². The van der Waals surface area contributed by atoms with Crippen LogP contribution in [0.1, 0.15) is 38.7 Å². The fraction of sp³-hybridized carbons (Fsp3) is 0.471. The van der Waals surface area contributed by atoms with Crippen molar-refractivity contribution in [2.45, 2.75) is 38.7 Å². The SMILES string of the molecule is CC(=O)[C@H]1C(=O)C[C@](C)(O)[C@@H](C(C)=O)[C@@H]1c1ccc(Cl)cc1. The maximum absolute atomic E-state index is 12.4. The van der Waals surface area contributed by atoms with Gasteiger partial charge in [0.2, 0.25) is 0 Å². The van der Waals surface area contributed by atoms with E-state index in [-0.39, 0.29) is 23.8 Å². The van der Waals surface area contributed by atoms with E-state index in [2.05, 4.69) is 0 Å². The van der Waals surface area contributed by atoms with Gasteiger partial charge >= 0.3 is 0 Å². The lowest BCUT2D eigenvalue weighted by Crippen LogP contribution is -2.53. The monoisotopic (exact) mass is 322 g/mol. The maximum Gasteiger partial charge on any atom is 0.146 e. The Morgan fingerprint density at radius 3 is 2.18 bits per heavy atom. The van der Waals surface area contributed by atoms with Crippen LogP contribution in [0.15, 0.2) is 24.3 Å². The van der Waals surface area contributed by atoms with E-state index in [9.17, 15) is 19.5 Å². The molecule has 1 fully saturated rings. The highest BCUT2D eigenvalue weighted by Crippen LogP contribution is 2.46. The standard InChI is InChI=1S/C17H19ClO4/c1-9(19)14-13(21)8-17(3,22)16(10(2)20)15(14)11-4-6-12(18)7-5-11/h4-7,14-16,22H,8H2,1-3H3/t14-,15+,16-,17-/m0/s1. The molecule has 0 saturated heterocycles. The molecule has 1 aliphatic carbocycles. The lowest BCUT2D eigenvalue weighted by atomic mass is 9.60. The van der Waals surface area contributed by atoms with Crippen molar-refractivity contribution in [3.63, 3.8) is 0 Å². The van der Waals surface area contributed by atoms with Crippen LogP contribution in [0.5, 0.6) is 0 Å². The molecular formula is C17H19ClO4. The van der Waals surface area contributed by atoms with Crippen LogP contribution in [-0.4, -0.2) is 28.1 Å². The Balaban J connectivity index is 2.61. The molecule has 0 spiro atoms. The third kappa shape index (κ3) is 2.99. The Labute approximate surface area is 134 Å². The number of carbonyl (C=O) groups is 3. The minimum Gasteiger partial charge on any atom is -0.389 e. The molecule has 1 saturated carbocycles. The molecule has 0 heterocycles. The van der Waals surface area contributed by atoms with Crippen molar-refractivity contribution in [2.75, 3.05) is 0 Å². The van der Waals surface area contributed by atoms with Gasteiger partial charge in [0, 0.05) is 17.4 Å². The largest absolute Gasteiger partial charge is 0.389 e. The summed E-state index contributed by atoms with van der Waals surface area (Å²) in [4.78, 5) is 36.5. The number of hydrogen-bond donors (Lipinski definition) is 1. The highest BCUT2D eigenvalue weighted by molar-refractivity contribution is 6.30. The smallest absolute Gasteiger partial charge is 0.146 e.